The molecule has 2 unspecified atom stereocenters. The Hall–Kier alpha value is -1.15. The predicted molar refractivity (Wildman–Crippen MR) is 92.3 cm³/mol. The highest BCUT2D eigenvalue weighted by atomic mass is 35.5. The van der Waals surface area contributed by atoms with Crippen LogP contribution >= 0.6 is 11.6 Å². The van der Waals surface area contributed by atoms with Crippen molar-refractivity contribution in [3.63, 3.8) is 0 Å². The van der Waals surface area contributed by atoms with E-state index < -0.39 is 10.0 Å². The van der Waals surface area contributed by atoms with E-state index in [2.05, 4.69) is 12.2 Å². The number of rotatable bonds is 5. The van der Waals surface area contributed by atoms with Gasteiger partial charge in [0.15, 0.2) is 0 Å². The molecule has 2 rings (SSSR count). The lowest BCUT2D eigenvalue weighted by atomic mass is 9.86. The van der Waals surface area contributed by atoms with Crippen molar-refractivity contribution in [1.29, 1.82) is 0 Å². The third-order valence-corrected chi connectivity index (χ3v) is 6.66. The Morgan fingerprint density at radius 1 is 1.33 bits per heavy atom. The summed E-state index contributed by atoms with van der Waals surface area (Å²) < 4.78 is 25.5. The minimum atomic E-state index is -3.92. The van der Waals surface area contributed by atoms with E-state index in [4.69, 9.17) is 16.4 Å². The van der Waals surface area contributed by atoms with Crippen LogP contribution in [0.3, 0.4) is 0 Å². The molecule has 0 aromatic heterocycles. The fourth-order valence-electron chi connectivity index (χ4n) is 2.86. The summed E-state index contributed by atoms with van der Waals surface area (Å²) in [4.78, 5) is 17.1. The molecule has 1 amide bonds. The van der Waals surface area contributed by atoms with Crippen LogP contribution in [0.1, 0.15) is 43.0 Å². The molecule has 1 aliphatic rings. The second kappa shape index (κ2) is 7.82. The number of amides is 1. The van der Waals surface area contributed by atoms with Gasteiger partial charge in [-0.3, -0.25) is 9.63 Å². The SMILES string of the molecule is CON(C)S(=O)(=O)c1cc(C(=O)NC2CCCCC2C)ccc1Cl. The zero-order valence-corrected chi connectivity index (χ0v) is 15.7. The summed E-state index contributed by atoms with van der Waals surface area (Å²) in [7, 11) is -1.41. The Morgan fingerprint density at radius 3 is 2.62 bits per heavy atom. The standard InChI is InChI=1S/C16H23ClN2O4S/c1-11-6-4-5-7-14(11)18-16(20)12-8-9-13(17)15(10-12)24(21,22)19(2)23-3/h8-11,14H,4-7H2,1-3H3,(H,18,20). The van der Waals surface area contributed by atoms with Crippen LogP contribution < -0.4 is 5.32 Å². The molecule has 1 aliphatic carbocycles. The molecule has 1 aromatic carbocycles. The first-order valence-corrected chi connectivity index (χ1v) is 9.72. The minimum absolute atomic E-state index is 0.0430. The molecular formula is C16H23ClN2O4S. The van der Waals surface area contributed by atoms with Crippen LogP contribution in [0.15, 0.2) is 23.1 Å². The van der Waals surface area contributed by atoms with Gasteiger partial charge in [-0.1, -0.05) is 35.8 Å². The van der Waals surface area contributed by atoms with Crippen molar-refractivity contribution in [3.8, 4) is 0 Å². The molecule has 0 saturated heterocycles. The number of carbonyl (C=O) groups is 1. The Balaban J connectivity index is 2.26. The molecule has 6 nitrogen and oxygen atoms in total. The third kappa shape index (κ3) is 4.08. The van der Waals surface area contributed by atoms with Gasteiger partial charge >= 0.3 is 0 Å². The smallest absolute Gasteiger partial charge is 0.266 e. The quantitative estimate of drug-likeness (QED) is 0.804. The average Bonchev–Trinajstić information content (AvgIpc) is 2.56. The van der Waals surface area contributed by atoms with Crippen LogP contribution in [0.2, 0.25) is 5.02 Å². The lowest BCUT2D eigenvalue weighted by Crippen LogP contribution is -2.41. The van der Waals surface area contributed by atoms with Crippen LogP contribution in [0.4, 0.5) is 0 Å². The van der Waals surface area contributed by atoms with E-state index >= 15 is 0 Å². The third-order valence-electron chi connectivity index (χ3n) is 4.49. The summed E-state index contributed by atoms with van der Waals surface area (Å²) in [5.74, 6) is 0.125. The number of sulfonamides is 1. The molecule has 0 spiro atoms. The molecular weight excluding hydrogens is 352 g/mol. The fourth-order valence-corrected chi connectivity index (χ4v) is 4.33. The Kier molecular flexibility index (Phi) is 6.25. The molecule has 0 aliphatic heterocycles. The number of hydrogen-bond donors (Lipinski definition) is 1. The molecule has 1 N–H and O–H groups in total. The zero-order valence-electron chi connectivity index (χ0n) is 14.1. The number of nitrogens with zero attached hydrogens (tertiary/aromatic N) is 1. The molecule has 1 fully saturated rings. The van der Waals surface area contributed by atoms with E-state index in [9.17, 15) is 13.2 Å². The van der Waals surface area contributed by atoms with Crippen molar-refractivity contribution in [1.82, 2.24) is 9.79 Å². The van der Waals surface area contributed by atoms with E-state index in [0.717, 1.165) is 19.3 Å². The van der Waals surface area contributed by atoms with Gasteiger partial charge in [0.2, 0.25) is 0 Å². The van der Waals surface area contributed by atoms with Crippen LogP contribution in [-0.4, -0.2) is 39.0 Å². The number of hydrogen-bond acceptors (Lipinski definition) is 4. The molecule has 24 heavy (non-hydrogen) atoms. The molecule has 0 bridgehead atoms. The van der Waals surface area contributed by atoms with E-state index in [0.29, 0.717) is 10.4 Å². The first-order valence-electron chi connectivity index (χ1n) is 7.91. The summed E-state index contributed by atoms with van der Waals surface area (Å²) >= 11 is 6.01. The van der Waals surface area contributed by atoms with Crippen molar-refractivity contribution in [2.45, 2.75) is 43.5 Å². The maximum Gasteiger partial charge on any atom is 0.266 e. The summed E-state index contributed by atoms with van der Waals surface area (Å²) in [6.45, 7) is 2.12. The largest absolute Gasteiger partial charge is 0.349 e. The fraction of sp³-hybridized carbons (Fsp3) is 0.562. The van der Waals surface area contributed by atoms with Gasteiger partial charge in [-0.15, -0.1) is 0 Å². The minimum Gasteiger partial charge on any atom is -0.349 e. The van der Waals surface area contributed by atoms with Crippen LogP contribution in [0, 0.1) is 5.92 Å². The number of hydroxylamine groups is 1. The number of nitrogens with one attached hydrogen (secondary N) is 1. The molecule has 0 radical (unpaired) electrons. The average molecular weight is 375 g/mol. The van der Waals surface area contributed by atoms with Gasteiger partial charge < -0.3 is 5.32 Å². The van der Waals surface area contributed by atoms with Crippen molar-refractivity contribution in [2.75, 3.05) is 14.2 Å². The molecule has 134 valence electrons. The van der Waals surface area contributed by atoms with Gasteiger partial charge in [-0.05, 0) is 37.0 Å². The number of carbonyl (C=O) groups excluding carboxylic acids is 1. The van der Waals surface area contributed by atoms with Crippen molar-refractivity contribution in [3.05, 3.63) is 28.8 Å². The second-order valence-corrected chi connectivity index (χ2v) is 8.40. The summed E-state index contributed by atoms with van der Waals surface area (Å²) in [6.07, 6.45) is 4.30. The first-order chi connectivity index (χ1) is 11.3. The number of halogens is 1. The summed E-state index contributed by atoms with van der Waals surface area (Å²) in [5, 5.41) is 3.05. The molecule has 2 atom stereocenters. The lowest BCUT2D eigenvalue weighted by Gasteiger charge is -2.29. The maximum absolute atomic E-state index is 12.5. The van der Waals surface area contributed by atoms with E-state index in [1.165, 1.54) is 38.8 Å². The van der Waals surface area contributed by atoms with Gasteiger partial charge in [-0.25, -0.2) is 8.42 Å². The van der Waals surface area contributed by atoms with Gasteiger partial charge in [0.25, 0.3) is 15.9 Å². The van der Waals surface area contributed by atoms with Crippen LogP contribution in [-0.2, 0) is 14.9 Å². The number of benzene rings is 1. The summed E-state index contributed by atoms with van der Waals surface area (Å²) in [6, 6.07) is 4.34. The van der Waals surface area contributed by atoms with Gasteiger partial charge in [0.05, 0.1) is 12.1 Å². The van der Waals surface area contributed by atoms with Crippen molar-refractivity contribution in [2.24, 2.45) is 5.92 Å². The second-order valence-electron chi connectivity index (χ2n) is 6.08. The van der Waals surface area contributed by atoms with Crippen LogP contribution in [0.5, 0.6) is 0 Å². The Morgan fingerprint density at radius 2 is 2.00 bits per heavy atom. The topological polar surface area (TPSA) is 75.7 Å². The van der Waals surface area contributed by atoms with E-state index in [-0.39, 0.29) is 27.4 Å². The molecule has 1 aromatic rings. The highest BCUT2D eigenvalue weighted by Crippen LogP contribution is 2.27. The van der Waals surface area contributed by atoms with Gasteiger partial charge in [0, 0.05) is 18.7 Å². The molecule has 0 heterocycles. The van der Waals surface area contributed by atoms with Crippen molar-refractivity contribution >= 4 is 27.5 Å². The van der Waals surface area contributed by atoms with E-state index in [1.807, 2.05) is 0 Å². The Labute approximate surface area is 148 Å². The summed E-state index contributed by atoms with van der Waals surface area (Å²) in [5.41, 5.74) is 0.264. The first kappa shape index (κ1) is 19.2. The Bertz CT molecular complexity index is 708. The zero-order chi connectivity index (χ0) is 17.9. The highest BCUT2D eigenvalue weighted by Gasteiger charge is 2.27. The molecule has 1 saturated carbocycles. The highest BCUT2D eigenvalue weighted by molar-refractivity contribution is 7.89. The maximum atomic E-state index is 12.5. The van der Waals surface area contributed by atoms with Crippen LogP contribution in [0.25, 0.3) is 0 Å². The van der Waals surface area contributed by atoms with Gasteiger partial charge in [0.1, 0.15) is 4.90 Å². The van der Waals surface area contributed by atoms with Crippen molar-refractivity contribution < 1.29 is 18.0 Å². The predicted octanol–water partition coefficient (Wildman–Crippen LogP) is 2.83. The normalized spacial score (nSPS) is 21.7. The van der Waals surface area contributed by atoms with E-state index in [1.54, 1.807) is 0 Å². The molecule has 8 heteroatoms. The monoisotopic (exact) mass is 374 g/mol. The van der Waals surface area contributed by atoms with Gasteiger partial charge in [-0.2, -0.15) is 0 Å². The lowest BCUT2D eigenvalue weighted by molar-refractivity contribution is -0.0258.